The zero-order valence-electron chi connectivity index (χ0n) is 17.0. The number of nitrogens with one attached hydrogen (secondary N) is 3. The van der Waals surface area contributed by atoms with Gasteiger partial charge in [0.15, 0.2) is 5.96 Å². The number of benzene rings is 1. The molecule has 0 aromatic heterocycles. The zero-order valence-corrected chi connectivity index (χ0v) is 19.3. The highest BCUT2D eigenvalue weighted by atomic mass is 127. The van der Waals surface area contributed by atoms with Crippen molar-refractivity contribution in [3.8, 4) is 0 Å². The summed E-state index contributed by atoms with van der Waals surface area (Å²) < 4.78 is 0. The number of hydrogen-bond acceptors (Lipinski definition) is 3. The Morgan fingerprint density at radius 1 is 1.21 bits per heavy atom. The van der Waals surface area contributed by atoms with Crippen molar-refractivity contribution in [2.45, 2.75) is 52.6 Å². The topological polar surface area (TPSA) is 85.8 Å². The van der Waals surface area contributed by atoms with Gasteiger partial charge in [-0.05, 0) is 44.9 Å². The molecule has 0 aliphatic carbocycles. The average Bonchev–Trinajstić information content (AvgIpc) is 3.05. The van der Waals surface area contributed by atoms with Crippen LogP contribution in [0.1, 0.15) is 45.6 Å². The van der Waals surface area contributed by atoms with Gasteiger partial charge >= 0.3 is 0 Å². The van der Waals surface area contributed by atoms with Crippen molar-refractivity contribution in [3.05, 3.63) is 29.8 Å². The van der Waals surface area contributed by atoms with Crippen LogP contribution in [-0.4, -0.2) is 43.5 Å². The van der Waals surface area contributed by atoms with Gasteiger partial charge in [-0.2, -0.15) is 0 Å². The molecule has 1 fully saturated rings. The van der Waals surface area contributed by atoms with Crippen molar-refractivity contribution in [1.29, 1.82) is 0 Å². The molecule has 3 N–H and O–H groups in total. The van der Waals surface area contributed by atoms with Crippen LogP contribution in [0.25, 0.3) is 0 Å². The van der Waals surface area contributed by atoms with Crippen LogP contribution in [0.4, 0.5) is 5.69 Å². The molecule has 1 heterocycles. The van der Waals surface area contributed by atoms with Gasteiger partial charge in [-0.25, -0.2) is 4.99 Å². The number of carbonyl (C=O) groups is 2. The van der Waals surface area contributed by atoms with Gasteiger partial charge in [0.1, 0.15) is 0 Å². The maximum Gasteiger partial charge on any atom is 0.227 e. The molecular weight excluding hydrogens is 469 g/mol. The number of hydrogen-bond donors (Lipinski definition) is 3. The molecule has 2 rings (SSSR count). The third kappa shape index (κ3) is 8.04. The van der Waals surface area contributed by atoms with Crippen LogP contribution in [0.5, 0.6) is 0 Å². The summed E-state index contributed by atoms with van der Waals surface area (Å²) in [5.41, 5.74) is 2.02. The van der Waals surface area contributed by atoms with Crippen molar-refractivity contribution in [3.63, 3.8) is 0 Å². The number of aliphatic imine (C=N–C) groups is 1. The summed E-state index contributed by atoms with van der Waals surface area (Å²) in [6.07, 6.45) is 1.97. The Balaban J connectivity index is 0.00000392. The number of anilines is 1. The van der Waals surface area contributed by atoms with Crippen LogP contribution >= 0.6 is 24.0 Å². The number of amides is 2. The first-order valence-corrected chi connectivity index (χ1v) is 9.70. The first-order chi connectivity index (χ1) is 13.0. The third-order valence-corrected chi connectivity index (χ3v) is 4.18. The quantitative estimate of drug-likeness (QED) is 0.290. The van der Waals surface area contributed by atoms with E-state index < -0.39 is 0 Å². The summed E-state index contributed by atoms with van der Waals surface area (Å²) in [6.45, 7) is 8.51. The largest absolute Gasteiger partial charge is 0.357 e. The van der Waals surface area contributed by atoms with E-state index in [4.69, 9.17) is 0 Å². The molecule has 1 saturated heterocycles. The van der Waals surface area contributed by atoms with E-state index in [0.29, 0.717) is 31.9 Å². The lowest BCUT2D eigenvalue weighted by Crippen LogP contribution is -2.40. The van der Waals surface area contributed by atoms with E-state index in [1.165, 1.54) is 0 Å². The van der Waals surface area contributed by atoms with Crippen LogP contribution in [0, 0.1) is 0 Å². The van der Waals surface area contributed by atoms with Gasteiger partial charge in [0, 0.05) is 44.2 Å². The van der Waals surface area contributed by atoms with E-state index >= 15 is 0 Å². The first-order valence-electron chi connectivity index (χ1n) is 9.70. The van der Waals surface area contributed by atoms with Gasteiger partial charge in [0.05, 0.1) is 6.54 Å². The third-order valence-electron chi connectivity index (χ3n) is 4.18. The molecule has 0 atom stereocenters. The summed E-state index contributed by atoms with van der Waals surface area (Å²) in [7, 11) is 0. The first kappa shape index (κ1) is 24.2. The van der Waals surface area contributed by atoms with Gasteiger partial charge in [0.25, 0.3) is 0 Å². The van der Waals surface area contributed by atoms with Crippen LogP contribution in [0.3, 0.4) is 0 Å². The normalized spacial score (nSPS) is 14.1. The molecule has 0 radical (unpaired) electrons. The number of halogens is 1. The second-order valence-electron chi connectivity index (χ2n) is 6.91. The van der Waals surface area contributed by atoms with Crippen molar-refractivity contribution in [2.24, 2.45) is 4.99 Å². The summed E-state index contributed by atoms with van der Waals surface area (Å²) in [6, 6.07) is 8.11. The van der Waals surface area contributed by atoms with Crippen molar-refractivity contribution in [1.82, 2.24) is 16.0 Å². The number of nitrogens with zero attached hydrogens (tertiary/aromatic N) is 2. The number of guanidine groups is 1. The van der Waals surface area contributed by atoms with Gasteiger partial charge < -0.3 is 20.9 Å². The lowest BCUT2D eigenvalue weighted by molar-refractivity contribution is -0.121. The van der Waals surface area contributed by atoms with Crippen molar-refractivity contribution in [2.75, 3.05) is 24.5 Å². The molecule has 7 nitrogen and oxygen atoms in total. The van der Waals surface area contributed by atoms with Gasteiger partial charge in [-0.3, -0.25) is 9.59 Å². The zero-order chi connectivity index (χ0) is 19.6. The molecule has 0 spiro atoms. The van der Waals surface area contributed by atoms with E-state index in [1.54, 1.807) is 0 Å². The highest BCUT2D eigenvalue weighted by Crippen LogP contribution is 2.21. The lowest BCUT2D eigenvalue weighted by atomic mass is 10.2. The van der Waals surface area contributed by atoms with E-state index in [2.05, 4.69) is 20.9 Å². The molecule has 0 unspecified atom stereocenters. The second-order valence-corrected chi connectivity index (χ2v) is 6.91. The minimum Gasteiger partial charge on any atom is -0.357 e. The number of rotatable bonds is 8. The lowest BCUT2D eigenvalue weighted by Gasteiger charge is -2.16. The Kier molecular flexibility index (Phi) is 10.9. The molecule has 2 amide bonds. The molecule has 1 aliphatic heterocycles. The van der Waals surface area contributed by atoms with Crippen molar-refractivity contribution < 1.29 is 9.59 Å². The molecule has 0 saturated carbocycles. The highest BCUT2D eigenvalue weighted by Gasteiger charge is 2.21. The summed E-state index contributed by atoms with van der Waals surface area (Å²) in [5.74, 6) is 0.912. The SMILES string of the molecule is CCNC(=NCc1ccc(N2CCCC2=O)cc1)NCCC(=O)NC(C)C.I. The Morgan fingerprint density at radius 3 is 2.50 bits per heavy atom. The van der Waals surface area contributed by atoms with E-state index in [0.717, 1.165) is 30.8 Å². The van der Waals surface area contributed by atoms with Crippen LogP contribution < -0.4 is 20.9 Å². The maximum absolute atomic E-state index is 11.8. The monoisotopic (exact) mass is 501 g/mol. The Bertz CT molecular complexity index is 661. The standard InChI is InChI=1S/C20H31N5O2.HI/c1-4-21-20(22-12-11-18(26)24-15(2)3)23-14-16-7-9-17(10-8-16)25-13-5-6-19(25)27;/h7-10,15H,4-6,11-14H2,1-3H3,(H,24,26)(H2,21,22,23);1H. The summed E-state index contributed by atoms with van der Waals surface area (Å²) >= 11 is 0. The molecule has 1 aromatic rings. The van der Waals surface area contributed by atoms with E-state index in [9.17, 15) is 9.59 Å². The average molecular weight is 501 g/mol. The van der Waals surface area contributed by atoms with Crippen molar-refractivity contribution >= 4 is 47.4 Å². The van der Waals surface area contributed by atoms with Crippen LogP contribution in [-0.2, 0) is 16.1 Å². The van der Waals surface area contributed by atoms with Crippen LogP contribution in [0.2, 0.25) is 0 Å². The molecule has 28 heavy (non-hydrogen) atoms. The smallest absolute Gasteiger partial charge is 0.227 e. The second kappa shape index (κ2) is 12.6. The fourth-order valence-electron chi connectivity index (χ4n) is 2.90. The molecular formula is C20H32IN5O2. The predicted molar refractivity (Wildman–Crippen MR) is 124 cm³/mol. The van der Waals surface area contributed by atoms with E-state index in [-0.39, 0.29) is 41.8 Å². The Labute approximate surface area is 184 Å². The molecule has 0 bridgehead atoms. The molecule has 1 aromatic carbocycles. The summed E-state index contributed by atoms with van der Waals surface area (Å²) in [5, 5.41) is 9.24. The van der Waals surface area contributed by atoms with E-state index in [1.807, 2.05) is 49.9 Å². The Morgan fingerprint density at radius 2 is 1.93 bits per heavy atom. The minimum atomic E-state index is 0. The molecule has 8 heteroatoms. The van der Waals surface area contributed by atoms with Gasteiger partial charge in [-0.1, -0.05) is 12.1 Å². The molecule has 156 valence electrons. The van der Waals surface area contributed by atoms with Gasteiger partial charge in [-0.15, -0.1) is 24.0 Å². The summed E-state index contributed by atoms with van der Waals surface area (Å²) in [4.78, 5) is 29.9. The predicted octanol–water partition coefficient (Wildman–Crippen LogP) is 2.40. The minimum absolute atomic E-state index is 0. The fraction of sp³-hybridized carbons (Fsp3) is 0.550. The molecule has 1 aliphatic rings. The highest BCUT2D eigenvalue weighted by molar-refractivity contribution is 14.0. The van der Waals surface area contributed by atoms with Gasteiger partial charge in [0.2, 0.25) is 11.8 Å². The maximum atomic E-state index is 11.8. The fourth-order valence-corrected chi connectivity index (χ4v) is 2.90. The van der Waals surface area contributed by atoms with Crippen LogP contribution in [0.15, 0.2) is 29.3 Å². The Hall–Kier alpha value is -1.84. The number of carbonyl (C=O) groups excluding carboxylic acids is 2.